The summed E-state index contributed by atoms with van der Waals surface area (Å²) in [5.41, 5.74) is 2.15. The summed E-state index contributed by atoms with van der Waals surface area (Å²) in [7, 11) is -4.24. The first-order valence-corrected chi connectivity index (χ1v) is 15.6. The van der Waals surface area contributed by atoms with Crippen LogP contribution in [0.4, 0.5) is 10.1 Å². The first kappa shape index (κ1) is 30.2. The molecule has 1 saturated carbocycles. The molecule has 218 valence electrons. The number of para-hydroxylation sites is 1. The number of sulfonamides is 1. The number of nitrogens with one attached hydrogen (secondary N) is 1. The summed E-state index contributed by atoms with van der Waals surface area (Å²) >= 11 is 0. The quantitative estimate of drug-likeness (QED) is 0.321. The molecule has 0 saturated heterocycles. The van der Waals surface area contributed by atoms with E-state index in [1.54, 1.807) is 30.3 Å². The van der Waals surface area contributed by atoms with E-state index in [0.29, 0.717) is 12.1 Å². The summed E-state index contributed by atoms with van der Waals surface area (Å²) in [4.78, 5) is 29.1. The summed E-state index contributed by atoms with van der Waals surface area (Å²) in [6.07, 6.45) is 5.45. The van der Waals surface area contributed by atoms with Crippen molar-refractivity contribution in [2.24, 2.45) is 0 Å². The maximum atomic E-state index is 14.1. The number of halogens is 1. The molecule has 9 heteroatoms. The van der Waals surface area contributed by atoms with Gasteiger partial charge in [-0.05, 0) is 68.1 Å². The molecule has 1 N–H and O–H groups in total. The average molecular weight is 580 g/mol. The van der Waals surface area contributed by atoms with E-state index < -0.39 is 34.3 Å². The zero-order valence-corrected chi connectivity index (χ0v) is 24.4. The van der Waals surface area contributed by atoms with E-state index in [2.05, 4.69) is 5.32 Å². The predicted molar refractivity (Wildman–Crippen MR) is 158 cm³/mol. The van der Waals surface area contributed by atoms with Gasteiger partial charge in [0.2, 0.25) is 11.8 Å². The Morgan fingerprint density at radius 3 is 2.27 bits per heavy atom. The molecule has 3 aromatic rings. The molecule has 1 atom stereocenters. The Kier molecular flexibility index (Phi) is 10.2. The molecule has 0 aromatic heterocycles. The number of aryl methyl sites for hydroxylation is 1. The molecule has 7 nitrogen and oxygen atoms in total. The standard InChI is InChI=1S/C32H38FN3O4S/c1-3-30(32(38)34-27-13-6-4-7-14-27)35(22-25-12-10-11-24(2)21-25)31(37)23-36(28-15-8-5-9-16-28)41(39,40)29-19-17-26(33)18-20-29/h5,8-12,15-21,27,30H,3-4,6-7,13-14,22-23H2,1-2H3,(H,34,38)/t30-/m1/s1. The van der Waals surface area contributed by atoms with Gasteiger partial charge in [-0.2, -0.15) is 0 Å². The van der Waals surface area contributed by atoms with Crippen LogP contribution in [0.15, 0.2) is 83.8 Å². The van der Waals surface area contributed by atoms with E-state index >= 15 is 0 Å². The van der Waals surface area contributed by atoms with Crippen molar-refractivity contribution in [1.82, 2.24) is 10.2 Å². The molecule has 0 radical (unpaired) electrons. The number of carbonyl (C=O) groups is 2. The number of hydrogen-bond donors (Lipinski definition) is 1. The number of hydrogen-bond acceptors (Lipinski definition) is 4. The molecule has 41 heavy (non-hydrogen) atoms. The summed E-state index contributed by atoms with van der Waals surface area (Å²) in [6.45, 7) is 3.43. The van der Waals surface area contributed by atoms with Crippen molar-refractivity contribution < 1.29 is 22.4 Å². The molecule has 2 amide bonds. The summed E-state index contributed by atoms with van der Waals surface area (Å²) in [5.74, 6) is -1.30. The largest absolute Gasteiger partial charge is 0.352 e. The van der Waals surface area contributed by atoms with Crippen molar-refractivity contribution in [3.8, 4) is 0 Å². The van der Waals surface area contributed by atoms with Crippen LogP contribution in [0.5, 0.6) is 0 Å². The zero-order chi connectivity index (χ0) is 29.4. The van der Waals surface area contributed by atoms with E-state index in [0.717, 1.165) is 59.7 Å². The van der Waals surface area contributed by atoms with Gasteiger partial charge in [-0.1, -0.05) is 74.2 Å². The van der Waals surface area contributed by atoms with Gasteiger partial charge in [0.15, 0.2) is 0 Å². The summed E-state index contributed by atoms with van der Waals surface area (Å²) < 4.78 is 42.2. The van der Waals surface area contributed by atoms with Crippen LogP contribution in [0.25, 0.3) is 0 Å². The van der Waals surface area contributed by atoms with Gasteiger partial charge in [0, 0.05) is 12.6 Å². The molecular weight excluding hydrogens is 541 g/mol. The smallest absolute Gasteiger partial charge is 0.264 e. The normalized spacial score (nSPS) is 14.7. The Balaban J connectivity index is 1.68. The highest BCUT2D eigenvalue weighted by Gasteiger charge is 2.34. The third-order valence-electron chi connectivity index (χ3n) is 7.50. The van der Waals surface area contributed by atoms with E-state index in [4.69, 9.17) is 0 Å². The minimum atomic E-state index is -4.24. The van der Waals surface area contributed by atoms with Crippen molar-refractivity contribution in [3.63, 3.8) is 0 Å². The lowest BCUT2D eigenvalue weighted by molar-refractivity contribution is -0.140. The fraction of sp³-hybridized carbons (Fsp3) is 0.375. The number of benzene rings is 3. The lowest BCUT2D eigenvalue weighted by Gasteiger charge is -2.34. The van der Waals surface area contributed by atoms with Gasteiger partial charge in [-0.3, -0.25) is 13.9 Å². The van der Waals surface area contributed by atoms with Crippen LogP contribution >= 0.6 is 0 Å². The second-order valence-corrected chi connectivity index (χ2v) is 12.4. The van der Waals surface area contributed by atoms with Crippen LogP contribution in [0.1, 0.15) is 56.6 Å². The van der Waals surface area contributed by atoms with Crippen LogP contribution in [-0.2, 0) is 26.2 Å². The molecule has 4 rings (SSSR count). The molecule has 0 aliphatic heterocycles. The monoisotopic (exact) mass is 579 g/mol. The molecule has 0 heterocycles. The summed E-state index contributed by atoms with van der Waals surface area (Å²) in [5, 5.41) is 3.15. The second-order valence-electron chi connectivity index (χ2n) is 10.6. The van der Waals surface area contributed by atoms with Crippen molar-refractivity contribution in [2.45, 2.75) is 75.9 Å². The molecule has 1 aliphatic carbocycles. The van der Waals surface area contributed by atoms with Crippen LogP contribution in [0.2, 0.25) is 0 Å². The minimum Gasteiger partial charge on any atom is -0.352 e. The van der Waals surface area contributed by atoms with E-state index in [1.165, 1.54) is 17.0 Å². The number of nitrogens with zero attached hydrogens (tertiary/aromatic N) is 2. The van der Waals surface area contributed by atoms with Crippen LogP contribution < -0.4 is 9.62 Å². The second kappa shape index (κ2) is 13.8. The van der Waals surface area contributed by atoms with Gasteiger partial charge < -0.3 is 10.2 Å². The maximum absolute atomic E-state index is 14.1. The Labute approximate surface area is 242 Å². The molecule has 3 aromatic carbocycles. The predicted octanol–water partition coefficient (Wildman–Crippen LogP) is 5.59. The van der Waals surface area contributed by atoms with Crippen molar-refractivity contribution in [3.05, 3.63) is 95.8 Å². The topological polar surface area (TPSA) is 86.8 Å². The van der Waals surface area contributed by atoms with Gasteiger partial charge in [0.25, 0.3) is 10.0 Å². The molecule has 1 aliphatic rings. The van der Waals surface area contributed by atoms with Gasteiger partial charge in [0.05, 0.1) is 10.6 Å². The minimum absolute atomic E-state index is 0.0703. The highest BCUT2D eigenvalue weighted by molar-refractivity contribution is 7.92. The lowest BCUT2D eigenvalue weighted by Crippen LogP contribution is -2.54. The van der Waals surface area contributed by atoms with Crippen molar-refractivity contribution in [2.75, 3.05) is 10.8 Å². The number of anilines is 1. The maximum Gasteiger partial charge on any atom is 0.264 e. The first-order chi connectivity index (χ1) is 19.7. The Bertz CT molecular complexity index is 1420. The molecule has 0 spiro atoms. The van der Waals surface area contributed by atoms with E-state index in [-0.39, 0.29) is 23.4 Å². The zero-order valence-electron chi connectivity index (χ0n) is 23.6. The number of rotatable bonds is 11. The number of amides is 2. The lowest BCUT2D eigenvalue weighted by atomic mass is 9.95. The SMILES string of the molecule is CC[C@H](C(=O)NC1CCCCC1)N(Cc1cccc(C)c1)C(=O)CN(c1ccccc1)S(=O)(=O)c1ccc(F)cc1. The van der Waals surface area contributed by atoms with Crippen molar-refractivity contribution in [1.29, 1.82) is 0 Å². The van der Waals surface area contributed by atoms with E-state index in [9.17, 15) is 22.4 Å². The molecule has 0 unspecified atom stereocenters. The van der Waals surface area contributed by atoms with Gasteiger partial charge >= 0.3 is 0 Å². The van der Waals surface area contributed by atoms with Crippen LogP contribution in [0.3, 0.4) is 0 Å². The molecular formula is C32H38FN3O4S. The van der Waals surface area contributed by atoms with Gasteiger partial charge in [-0.25, -0.2) is 12.8 Å². The number of carbonyl (C=O) groups excluding carboxylic acids is 2. The van der Waals surface area contributed by atoms with Crippen molar-refractivity contribution >= 4 is 27.5 Å². The highest BCUT2D eigenvalue weighted by Crippen LogP contribution is 2.25. The molecule has 1 fully saturated rings. The highest BCUT2D eigenvalue weighted by atomic mass is 32.2. The Morgan fingerprint density at radius 1 is 0.951 bits per heavy atom. The van der Waals surface area contributed by atoms with Gasteiger partial charge in [-0.15, -0.1) is 0 Å². The fourth-order valence-corrected chi connectivity index (χ4v) is 6.74. The third kappa shape index (κ3) is 7.73. The summed E-state index contributed by atoms with van der Waals surface area (Å²) in [6, 6.07) is 19.8. The van der Waals surface area contributed by atoms with Crippen LogP contribution in [-0.4, -0.2) is 43.8 Å². The van der Waals surface area contributed by atoms with Gasteiger partial charge in [0.1, 0.15) is 18.4 Å². The van der Waals surface area contributed by atoms with Crippen LogP contribution in [0, 0.1) is 12.7 Å². The molecule has 0 bridgehead atoms. The Morgan fingerprint density at radius 2 is 1.63 bits per heavy atom. The van der Waals surface area contributed by atoms with E-state index in [1.807, 2.05) is 38.1 Å². The Hall–Kier alpha value is -3.72. The average Bonchev–Trinajstić information content (AvgIpc) is 2.97. The first-order valence-electron chi connectivity index (χ1n) is 14.2. The fourth-order valence-electron chi connectivity index (χ4n) is 5.33. The third-order valence-corrected chi connectivity index (χ3v) is 9.29.